The summed E-state index contributed by atoms with van der Waals surface area (Å²) >= 11 is 0. The minimum atomic E-state index is -1.59. The summed E-state index contributed by atoms with van der Waals surface area (Å²) in [6.45, 7) is 6.98. The van der Waals surface area contributed by atoms with Crippen molar-refractivity contribution in [3.05, 3.63) is 0 Å². The minimum Gasteiger partial charge on any atom is -0.480 e. The van der Waals surface area contributed by atoms with Crippen LogP contribution in [0.1, 0.15) is 60.8 Å². The van der Waals surface area contributed by atoms with E-state index in [1.807, 2.05) is 0 Å². The molecule has 9 atom stereocenters. The number of aliphatic carboxylic acids is 1. The second-order valence-corrected chi connectivity index (χ2v) is 12.1. The Kier molecular flexibility index (Phi) is 20.6. The van der Waals surface area contributed by atoms with Crippen LogP contribution < -0.4 is 48.7 Å². The number of aliphatic hydroxyl groups is 2. The second-order valence-electron chi connectivity index (χ2n) is 12.1. The number of carbonyl (C=O) groups is 9. The van der Waals surface area contributed by atoms with Gasteiger partial charge in [-0.05, 0) is 25.7 Å². The van der Waals surface area contributed by atoms with Crippen molar-refractivity contribution in [1.29, 1.82) is 0 Å². The first kappa shape index (κ1) is 46.1. The second kappa shape index (κ2) is 22.8. The lowest BCUT2D eigenvalue weighted by Gasteiger charge is -2.30. The zero-order valence-corrected chi connectivity index (χ0v) is 29.6. The first-order valence-corrected chi connectivity index (χ1v) is 16.3. The number of hydrogen-bond acceptors (Lipinski definition) is 12. The fourth-order valence-electron chi connectivity index (χ4n) is 4.28. The highest BCUT2D eigenvalue weighted by molar-refractivity contribution is 5.97. The summed E-state index contributed by atoms with van der Waals surface area (Å²) in [5.74, 6) is -9.36. The quantitative estimate of drug-likeness (QED) is 0.0467. The molecule has 0 heterocycles. The highest BCUT2D eigenvalue weighted by Crippen LogP contribution is 2.11. The van der Waals surface area contributed by atoms with Crippen molar-refractivity contribution in [2.45, 2.75) is 103 Å². The lowest BCUT2D eigenvalue weighted by molar-refractivity contribution is -0.139. The van der Waals surface area contributed by atoms with Gasteiger partial charge in [0.15, 0.2) is 0 Å². The maximum atomic E-state index is 13.4. The lowest BCUT2D eigenvalue weighted by atomic mass is 9.96. The maximum Gasteiger partial charge on any atom is 0.322 e. The van der Waals surface area contributed by atoms with Crippen LogP contribution in [0, 0.1) is 11.8 Å². The van der Waals surface area contributed by atoms with Crippen LogP contribution in [0.25, 0.3) is 0 Å². The summed E-state index contributed by atoms with van der Waals surface area (Å²) in [6.07, 6.45) is -1.20. The van der Waals surface area contributed by atoms with E-state index in [1.54, 1.807) is 27.7 Å². The van der Waals surface area contributed by atoms with Gasteiger partial charge >= 0.3 is 5.97 Å². The van der Waals surface area contributed by atoms with Gasteiger partial charge in [-0.1, -0.05) is 40.5 Å². The summed E-state index contributed by atoms with van der Waals surface area (Å²) in [5, 5.41) is 44.8. The van der Waals surface area contributed by atoms with Crippen molar-refractivity contribution < 1.29 is 58.5 Å². The number of hydrogen-bond donors (Lipinski definition) is 12. The van der Waals surface area contributed by atoms with Crippen molar-refractivity contribution in [3.63, 3.8) is 0 Å². The Morgan fingerprint density at radius 1 is 0.627 bits per heavy atom. The van der Waals surface area contributed by atoms with Crippen molar-refractivity contribution in [2.24, 2.45) is 23.3 Å². The molecular formula is C30H53N9O12. The van der Waals surface area contributed by atoms with Crippen LogP contribution in [-0.4, -0.2) is 131 Å². The van der Waals surface area contributed by atoms with Crippen LogP contribution in [0.15, 0.2) is 0 Å². The third-order valence-corrected chi connectivity index (χ3v) is 7.83. The summed E-state index contributed by atoms with van der Waals surface area (Å²) in [7, 11) is 0. The molecule has 0 aromatic carbocycles. The number of carbonyl (C=O) groups excluding carboxylic acids is 8. The molecule has 21 heteroatoms. The molecule has 0 radical (unpaired) electrons. The summed E-state index contributed by atoms with van der Waals surface area (Å²) in [6, 6.07) is -8.22. The molecule has 0 aliphatic rings. The number of nitrogens with one attached hydrogen (secondary N) is 7. The zero-order valence-electron chi connectivity index (χ0n) is 29.6. The Labute approximate surface area is 295 Å². The van der Waals surface area contributed by atoms with Crippen molar-refractivity contribution in [3.8, 4) is 0 Å². The predicted octanol–water partition coefficient (Wildman–Crippen LogP) is -5.58. The monoisotopic (exact) mass is 731 g/mol. The van der Waals surface area contributed by atoms with Crippen molar-refractivity contribution in [2.75, 3.05) is 19.7 Å². The number of rotatable bonds is 23. The summed E-state index contributed by atoms with van der Waals surface area (Å²) in [5.41, 5.74) is 10.5. The molecule has 290 valence electrons. The standard InChI is InChI=1S/C30H53N9O12/c1-7-13(3)22(28(49)34-11-21(44)45)38-30(51)24(16(6)41)39-29(50)23(14(4)8-2)37-25(46)15(5)35-20(43)10-33-27(48)18(12-40)36-26(47)17(31)9-19(32)42/h13-18,22-24,40-41H,7-12,31H2,1-6H3,(H2,32,42)(H,33,48)(H,34,49)(H,35,43)(H,36,47)(H,37,46)(H,38,51)(H,39,50)(H,44,45)/t13-,14-,15-,16+,17-,18-,22-,23-,24-/m0/s1. The Hall–Kier alpha value is -4.89. The molecule has 0 saturated heterocycles. The van der Waals surface area contributed by atoms with E-state index in [-0.39, 0.29) is 0 Å². The topological polar surface area (TPSA) is 351 Å². The molecule has 21 nitrogen and oxygen atoms in total. The molecule has 0 aliphatic carbocycles. The van der Waals surface area contributed by atoms with Gasteiger partial charge in [0.1, 0.15) is 36.8 Å². The minimum absolute atomic E-state index is 0.368. The highest BCUT2D eigenvalue weighted by Gasteiger charge is 2.35. The fraction of sp³-hybridized carbons (Fsp3) is 0.700. The van der Waals surface area contributed by atoms with Crippen molar-refractivity contribution >= 4 is 53.2 Å². The van der Waals surface area contributed by atoms with Gasteiger partial charge in [0.25, 0.3) is 0 Å². The maximum absolute atomic E-state index is 13.4. The van der Waals surface area contributed by atoms with E-state index in [0.717, 1.165) is 0 Å². The lowest BCUT2D eigenvalue weighted by Crippen LogP contribution is -2.62. The van der Waals surface area contributed by atoms with Gasteiger partial charge in [-0.2, -0.15) is 0 Å². The molecule has 0 aromatic rings. The molecule has 0 rings (SSSR count). The van der Waals surface area contributed by atoms with E-state index in [0.29, 0.717) is 12.8 Å². The number of nitrogens with two attached hydrogens (primary N) is 2. The van der Waals surface area contributed by atoms with Gasteiger partial charge in [0.2, 0.25) is 47.3 Å². The number of primary amides is 1. The third kappa shape index (κ3) is 16.6. The van der Waals surface area contributed by atoms with Gasteiger partial charge in [-0.3, -0.25) is 43.2 Å². The molecule has 0 aromatic heterocycles. The highest BCUT2D eigenvalue weighted by atomic mass is 16.4. The molecule has 51 heavy (non-hydrogen) atoms. The predicted molar refractivity (Wildman–Crippen MR) is 178 cm³/mol. The van der Waals surface area contributed by atoms with Crippen LogP contribution in [-0.2, 0) is 43.2 Å². The molecule has 0 aliphatic heterocycles. The average Bonchev–Trinajstić information content (AvgIpc) is 3.06. The summed E-state index contributed by atoms with van der Waals surface area (Å²) < 4.78 is 0. The van der Waals surface area contributed by atoms with Gasteiger partial charge < -0.3 is 64.0 Å². The number of amides is 8. The normalized spacial score (nSPS) is 16.2. The van der Waals surface area contributed by atoms with E-state index < -0.39 is 134 Å². The van der Waals surface area contributed by atoms with E-state index in [4.69, 9.17) is 16.6 Å². The molecule has 0 saturated carbocycles. The van der Waals surface area contributed by atoms with Crippen LogP contribution in [0.2, 0.25) is 0 Å². The van der Waals surface area contributed by atoms with Gasteiger partial charge in [0.05, 0.1) is 31.7 Å². The van der Waals surface area contributed by atoms with Gasteiger partial charge in [0, 0.05) is 0 Å². The number of aliphatic hydroxyl groups excluding tert-OH is 2. The first-order valence-electron chi connectivity index (χ1n) is 16.3. The molecular weight excluding hydrogens is 678 g/mol. The van der Waals surface area contributed by atoms with Crippen LogP contribution >= 0.6 is 0 Å². The molecule has 8 amide bonds. The van der Waals surface area contributed by atoms with Crippen molar-refractivity contribution in [1.82, 2.24) is 37.2 Å². The summed E-state index contributed by atoms with van der Waals surface area (Å²) in [4.78, 5) is 111. The van der Waals surface area contributed by atoms with Gasteiger partial charge in [-0.25, -0.2) is 0 Å². The first-order chi connectivity index (χ1) is 23.7. The smallest absolute Gasteiger partial charge is 0.322 e. The van der Waals surface area contributed by atoms with Gasteiger partial charge in [-0.15, -0.1) is 0 Å². The van der Waals surface area contributed by atoms with Crippen LogP contribution in [0.4, 0.5) is 0 Å². The van der Waals surface area contributed by atoms with Crippen LogP contribution in [0.3, 0.4) is 0 Å². The Bertz CT molecular complexity index is 1260. The average molecular weight is 732 g/mol. The molecule has 0 fully saturated rings. The molecule has 14 N–H and O–H groups in total. The van der Waals surface area contributed by atoms with Crippen LogP contribution in [0.5, 0.6) is 0 Å². The largest absolute Gasteiger partial charge is 0.480 e. The Balaban J connectivity index is 5.52. The fourth-order valence-corrected chi connectivity index (χ4v) is 4.28. The molecule has 0 bridgehead atoms. The Morgan fingerprint density at radius 2 is 1.10 bits per heavy atom. The van der Waals surface area contributed by atoms with E-state index in [1.165, 1.54) is 13.8 Å². The Morgan fingerprint density at radius 3 is 1.57 bits per heavy atom. The number of carboxylic acids is 1. The van der Waals surface area contributed by atoms with E-state index >= 15 is 0 Å². The SMILES string of the molecule is CC[C@H](C)[C@H](NC(=O)[C@H](C)NC(=O)CNC(=O)[C@H](CO)NC(=O)[C@@H](N)CC(N)=O)C(=O)N[C@H](C(=O)N[C@H](C(=O)NCC(=O)O)[C@@H](C)CC)[C@@H](C)O. The number of carboxylic acid groups (broad SMARTS) is 1. The van der Waals surface area contributed by atoms with E-state index in [9.17, 15) is 53.4 Å². The third-order valence-electron chi connectivity index (χ3n) is 7.83. The molecule has 0 spiro atoms. The van der Waals surface area contributed by atoms with E-state index in [2.05, 4.69) is 37.2 Å². The molecule has 0 unspecified atom stereocenters. The zero-order chi connectivity index (χ0) is 39.6.